The molecule has 0 saturated carbocycles. The molecule has 5 aromatic heterocycles. The summed E-state index contributed by atoms with van der Waals surface area (Å²) in [4.78, 5) is 10.3. The highest BCUT2D eigenvalue weighted by atomic mass is 15.3. The highest BCUT2D eigenvalue weighted by Gasteiger charge is 2.26. The predicted octanol–water partition coefficient (Wildman–Crippen LogP) is 9.82. The molecule has 0 N–H and O–H groups in total. The molecule has 10 rings (SSSR count). The van der Waals surface area contributed by atoms with Gasteiger partial charge in [0.1, 0.15) is 5.52 Å². The molecule has 0 spiro atoms. The summed E-state index contributed by atoms with van der Waals surface area (Å²) in [5.74, 6) is 1.77. The van der Waals surface area contributed by atoms with Crippen molar-refractivity contribution in [2.24, 2.45) is 0 Å². The van der Waals surface area contributed by atoms with Gasteiger partial charge in [0.25, 0.3) is 0 Å². The Labute approximate surface area is 265 Å². The molecular formula is C40H34N6. The van der Waals surface area contributed by atoms with Gasteiger partial charge in [-0.15, -0.1) is 0 Å². The summed E-state index contributed by atoms with van der Waals surface area (Å²) in [6.07, 6.45) is 0. The van der Waals surface area contributed by atoms with Crippen LogP contribution >= 0.6 is 0 Å². The molecule has 6 nitrogen and oxygen atoms in total. The van der Waals surface area contributed by atoms with Gasteiger partial charge in [0.15, 0.2) is 0 Å². The van der Waals surface area contributed by atoms with Gasteiger partial charge >= 0.3 is 0 Å². The fourth-order valence-electron chi connectivity index (χ4n) is 7.61. The molecule has 0 atom stereocenters. The van der Waals surface area contributed by atoms with E-state index in [4.69, 9.17) is 9.97 Å². The maximum Gasteiger partial charge on any atom is 0.223 e. The third kappa shape index (κ3) is 3.21. The van der Waals surface area contributed by atoms with E-state index in [9.17, 15) is 0 Å². The normalized spacial score (nSPS) is 13.4. The Kier molecular flexibility index (Phi) is 4.65. The lowest BCUT2D eigenvalue weighted by atomic mass is 9.85. The van der Waals surface area contributed by atoms with E-state index in [1.165, 1.54) is 32.9 Å². The topological polar surface area (TPSA) is 43.9 Å². The third-order valence-electron chi connectivity index (χ3n) is 10.0. The smallest absolute Gasteiger partial charge is 0.223 e. The van der Waals surface area contributed by atoms with Crippen LogP contribution in [0.5, 0.6) is 0 Å². The second-order valence-electron chi connectivity index (χ2n) is 14.9. The van der Waals surface area contributed by atoms with E-state index in [0.29, 0.717) is 0 Å². The minimum absolute atomic E-state index is 0.0466. The summed E-state index contributed by atoms with van der Waals surface area (Å²) in [6, 6.07) is 35.6. The SMILES string of the molecule is CC(C)(C)c1ccc2c(c1)c1cc(C(C)(C)C)ccc1n2-c1cc2c3c(c1)n1c4ccccc4nc1n3c1nc3ccccc3n21. The zero-order valence-electron chi connectivity index (χ0n) is 26.9. The van der Waals surface area contributed by atoms with E-state index in [-0.39, 0.29) is 10.8 Å². The monoisotopic (exact) mass is 598 g/mol. The number of benzene rings is 5. The molecular weight excluding hydrogens is 564 g/mol. The van der Waals surface area contributed by atoms with Crippen LogP contribution < -0.4 is 0 Å². The van der Waals surface area contributed by atoms with Gasteiger partial charge in [-0.2, -0.15) is 0 Å². The van der Waals surface area contributed by atoms with E-state index in [1.54, 1.807) is 0 Å². The van der Waals surface area contributed by atoms with Crippen LogP contribution in [0.3, 0.4) is 0 Å². The van der Waals surface area contributed by atoms with Crippen molar-refractivity contribution in [3.05, 3.63) is 108 Å². The standard InChI is InChI=1S/C40H34N6/c1-39(2,3)23-15-17-30-26(19-23)27-20-24(40(4,5)6)16-18-31(27)43(30)25-21-34-36-35(22-25)45-33-14-10-8-12-29(33)42-38(45)46(36)37-41-28-11-7-9-13-32(28)44(34)37/h7-22H,1-6H3. The minimum Gasteiger partial charge on any atom is -0.309 e. The highest BCUT2D eigenvalue weighted by molar-refractivity contribution is 6.11. The van der Waals surface area contributed by atoms with Gasteiger partial charge in [-0.25, -0.2) is 14.4 Å². The van der Waals surface area contributed by atoms with Gasteiger partial charge in [0, 0.05) is 10.8 Å². The minimum atomic E-state index is 0.0466. The molecule has 0 fully saturated rings. The Balaban J connectivity index is 1.41. The second-order valence-corrected chi connectivity index (χ2v) is 14.9. The van der Waals surface area contributed by atoms with Crippen molar-refractivity contribution in [3.8, 4) is 5.69 Å². The van der Waals surface area contributed by atoms with E-state index in [0.717, 1.165) is 55.9 Å². The van der Waals surface area contributed by atoms with E-state index >= 15 is 0 Å². The van der Waals surface area contributed by atoms with Gasteiger partial charge in [0.2, 0.25) is 11.6 Å². The Morgan fingerprint density at radius 2 is 0.913 bits per heavy atom. The quantitative estimate of drug-likeness (QED) is 0.189. The number of hydrogen-bond donors (Lipinski definition) is 0. The summed E-state index contributed by atoms with van der Waals surface area (Å²) in [5.41, 5.74) is 13.8. The number of aromatic nitrogens is 6. The third-order valence-corrected chi connectivity index (χ3v) is 10.0. The molecule has 0 amide bonds. The molecule has 224 valence electrons. The molecule has 46 heavy (non-hydrogen) atoms. The molecule has 5 aromatic carbocycles. The lowest BCUT2D eigenvalue weighted by molar-refractivity contribution is 0.590. The molecule has 0 bridgehead atoms. The van der Waals surface area contributed by atoms with Gasteiger partial charge < -0.3 is 4.57 Å². The van der Waals surface area contributed by atoms with Crippen LogP contribution in [0, 0.1) is 0 Å². The van der Waals surface area contributed by atoms with Crippen LogP contribution in [0.2, 0.25) is 0 Å². The first-order valence-electron chi connectivity index (χ1n) is 16.1. The van der Waals surface area contributed by atoms with Crippen LogP contribution in [0.25, 0.3) is 77.7 Å². The molecule has 10 aromatic rings. The first-order valence-corrected chi connectivity index (χ1v) is 16.1. The number of fused-ring (bicyclic) bond motifs is 13. The van der Waals surface area contributed by atoms with E-state index in [2.05, 4.69) is 156 Å². The summed E-state index contributed by atoms with van der Waals surface area (Å²) >= 11 is 0. The van der Waals surface area contributed by atoms with Crippen molar-refractivity contribution in [2.45, 2.75) is 52.4 Å². The molecule has 0 unspecified atom stereocenters. The van der Waals surface area contributed by atoms with Gasteiger partial charge in [-0.05, 0) is 82.6 Å². The molecule has 0 saturated heterocycles. The zero-order chi connectivity index (χ0) is 31.3. The van der Waals surface area contributed by atoms with Crippen molar-refractivity contribution in [1.82, 2.24) is 27.7 Å². The second kappa shape index (κ2) is 8.26. The van der Waals surface area contributed by atoms with Crippen molar-refractivity contribution < 1.29 is 0 Å². The van der Waals surface area contributed by atoms with Crippen LogP contribution in [-0.4, -0.2) is 27.7 Å². The highest BCUT2D eigenvalue weighted by Crippen LogP contribution is 2.41. The maximum absolute atomic E-state index is 5.15. The Bertz CT molecular complexity index is 2690. The van der Waals surface area contributed by atoms with Crippen molar-refractivity contribution >= 4 is 72.0 Å². The number of para-hydroxylation sites is 4. The van der Waals surface area contributed by atoms with Crippen molar-refractivity contribution in [3.63, 3.8) is 0 Å². The summed E-state index contributed by atoms with van der Waals surface area (Å²) in [5, 5.41) is 2.57. The number of imidazole rings is 4. The van der Waals surface area contributed by atoms with Crippen LogP contribution in [0.1, 0.15) is 52.7 Å². The molecule has 6 heteroatoms. The summed E-state index contributed by atoms with van der Waals surface area (Å²) < 4.78 is 9.32. The van der Waals surface area contributed by atoms with Crippen molar-refractivity contribution in [1.29, 1.82) is 0 Å². The van der Waals surface area contributed by atoms with E-state index < -0.39 is 0 Å². The van der Waals surface area contributed by atoms with Crippen LogP contribution in [-0.2, 0) is 10.8 Å². The molecule has 0 radical (unpaired) electrons. The molecule has 0 aliphatic heterocycles. The first-order chi connectivity index (χ1) is 22.1. The Hall–Kier alpha value is -5.36. The van der Waals surface area contributed by atoms with Gasteiger partial charge in [-0.3, -0.25) is 8.80 Å². The molecule has 0 aliphatic carbocycles. The average molecular weight is 599 g/mol. The Morgan fingerprint density at radius 1 is 0.457 bits per heavy atom. The number of nitrogens with zero attached hydrogens (tertiary/aromatic N) is 6. The lowest BCUT2D eigenvalue weighted by Gasteiger charge is -2.19. The van der Waals surface area contributed by atoms with Crippen molar-refractivity contribution in [2.75, 3.05) is 0 Å². The molecule has 5 heterocycles. The Morgan fingerprint density at radius 3 is 1.37 bits per heavy atom. The summed E-state index contributed by atoms with van der Waals surface area (Å²) in [7, 11) is 0. The van der Waals surface area contributed by atoms with Gasteiger partial charge in [-0.1, -0.05) is 77.9 Å². The predicted molar refractivity (Wildman–Crippen MR) is 190 cm³/mol. The average Bonchev–Trinajstić information content (AvgIpc) is 3.80. The number of rotatable bonds is 1. The summed E-state index contributed by atoms with van der Waals surface area (Å²) in [6.45, 7) is 13.8. The van der Waals surface area contributed by atoms with E-state index in [1.807, 2.05) is 0 Å². The molecule has 0 aliphatic rings. The largest absolute Gasteiger partial charge is 0.309 e. The zero-order valence-corrected chi connectivity index (χ0v) is 26.9. The van der Waals surface area contributed by atoms with Crippen LogP contribution in [0.4, 0.5) is 0 Å². The fourth-order valence-corrected chi connectivity index (χ4v) is 7.61. The maximum atomic E-state index is 5.15. The van der Waals surface area contributed by atoms with Crippen LogP contribution in [0.15, 0.2) is 97.1 Å². The lowest BCUT2D eigenvalue weighted by Crippen LogP contribution is -2.10. The first kappa shape index (κ1) is 25.9. The fraction of sp³-hybridized carbons (Fsp3) is 0.200. The number of hydrogen-bond acceptors (Lipinski definition) is 2. The van der Waals surface area contributed by atoms with Gasteiger partial charge in [0.05, 0.1) is 49.8 Å².